The summed E-state index contributed by atoms with van der Waals surface area (Å²) >= 11 is 0. The minimum Gasteiger partial charge on any atom is -0.441 e. The van der Waals surface area contributed by atoms with Gasteiger partial charge in [-0.1, -0.05) is 18.2 Å². The van der Waals surface area contributed by atoms with E-state index in [2.05, 4.69) is 9.97 Å². The van der Waals surface area contributed by atoms with Crippen LogP contribution in [0.25, 0.3) is 11.1 Å². The zero-order valence-electron chi connectivity index (χ0n) is 9.65. The summed E-state index contributed by atoms with van der Waals surface area (Å²) in [7, 11) is 0. The first-order chi connectivity index (χ1) is 8.83. The molecule has 0 spiro atoms. The fourth-order valence-corrected chi connectivity index (χ4v) is 1.86. The summed E-state index contributed by atoms with van der Waals surface area (Å²) < 4.78 is 5.57. The van der Waals surface area contributed by atoms with Crippen LogP contribution in [0.1, 0.15) is 17.6 Å². The van der Waals surface area contributed by atoms with Crippen molar-refractivity contribution in [1.29, 1.82) is 0 Å². The Morgan fingerprint density at radius 2 is 2.06 bits per heavy atom. The molecule has 4 heteroatoms. The van der Waals surface area contributed by atoms with E-state index in [4.69, 9.17) is 4.42 Å². The van der Waals surface area contributed by atoms with Crippen molar-refractivity contribution >= 4 is 11.1 Å². The highest BCUT2D eigenvalue weighted by Gasteiger charge is 2.13. The summed E-state index contributed by atoms with van der Waals surface area (Å²) in [5.74, 6) is 0.535. The van der Waals surface area contributed by atoms with Gasteiger partial charge < -0.3 is 9.52 Å². The Hall–Kier alpha value is -2.20. The van der Waals surface area contributed by atoms with Crippen molar-refractivity contribution in [3.8, 4) is 0 Å². The zero-order chi connectivity index (χ0) is 12.4. The van der Waals surface area contributed by atoms with Gasteiger partial charge in [0.05, 0.1) is 12.5 Å². The molecule has 1 aromatic carbocycles. The number of nitrogens with zero attached hydrogens (tertiary/aromatic N) is 2. The molecular formula is C14H12N2O2. The highest BCUT2D eigenvalue weighted by molar-refractivity contribution is 5.72. The molecule has 0 fully saturated rings. The maximum Gasteiger partial charge on any atom is 0.198 e. The summed E-state index contributed by atoms with van der Waals surface area (Å²) in [6.45, 7) is 0. The van der Waals surface area contributed by atoms with Crippen LogP contribution in [0.5, 0.6) is 0 Å². The molecule has 1 atom stereocenters. The average Bonchev–Trinajstić information content (AvgIpc) is 2.82. The molecule has 0 radical (unpaired) electrons. The normalized spacial score (nSPS) is 12.7. The van der Waals surface area contributed by atoms with Crippen LogP contribution in [0.3, 0.4) is 0 Å². The molecule has 3 aromatic rings. The van der Waals surface area contributed by atoms with Gasteiger partial charge in [0.15, 0.2) is 11.5 Å². The van der Waals surface area contributed by atoms with Crippen molar-refractivity contribution in [2.24, 2.45) is 0 Å². The number of benzene rings is 1. The maximum absolute atomic E-state index is 10.1. The number of rotatable bonds is 3. The maximum atomic E-state index is 10.1. The first-order valence-electron chi connectivity index (χ1n) is 5.75. The summed E-state index contributed by atoms with van der Waals surface area (Å²) in [5.41, 5.74) is 2.32. The standard InChI is InChI=1S/C14H12N2O2/c17-12(10-4-3-7-15-9-10)8-14-16-11-5-1-2-6-13(11)18-14/h1-7,9,12,17H,8H2. The average molecular weight is 240 g/mol. The van der Waals surface area contributed by atoms with E-state index in [0.717, 1.165) is 16.7 Å². The fourth-order valence-electron chi connectivity index (χ4n) is 1.86. The third-order valence-corrected chi connectivity index (χ3v) is 2.78. The lowest BCUT2D eigenvalue weighted by Gasteiger charge is -2.06. The molecule has 0 bridgehead atoms. The molecule has 0 aliphatic rings. The number of fused-ring (bicyclic) bond motifs is 1. The number of aliphatic hydroxyl groups excluding tert-OH is 1. The van der Waals surface area contributed by atoms with Crippen molar-refractivity contribution in [2.75, 3.05) is 0 Å². The lowest BCUT2D eigenvalue weighted by atomic mass is 10.1. The lowest BCUT2D eigenvalue weighted by molar-refractivity contribution is 0.169. The van der Waals surface area contributed by atoms with Gasteiger partial charge in [-0.2, -0.15) is 0 Å². The zero-order valence-corrected chi connectivity index (χ0v) is 9.65. The van der Waals surface area contributed by atoms with E-state index < -0.39 is 6.10 Å². The number of hydrogen-bond donors (Lipinski definition) is 1. The van der Waals surface area contributed by atoms with Gasteiger partial charge in [0.1, 0.15) is 5.52 Å². The topological polar surface area (TPSA) is 59.2 Å². The SMILES string of the molecule is OC(Cc1nc2ccccc2o1)c1cccnc1. The van der Waals surface area contributed by atoms with Gasteiger partial charge in [-0.15, -0.1) is 0 Å². The summed E-state index contributed by atoms with van der Waals surface area (Å²) in [5, 5.41) is 10.1. The van der Waals surface area contributed by atoms with Crippen LogP contribution < -0.4 is 0 Å². The largest absolute Gasteiger partial charge is 0.441 e. The summed E-state index contributed by atoms with van der Waals surface area (Å²) in [6.07, 6.45) is 3.02. The van der Waals surface area contributed by atoms with E-state index in [1.54, 1.807) is 18.5 Å². The molecule has 2 heterocycles. The van der Waals surface area contributed by atoms with Crippen molar-refractivity contribution in [3.63, 3.8) is 0 Å². The Balaban J connectivity index is 1.84. The van der Waals surface area contributed by atoms with E-state index >= 15 is 0 Å². The molecule has 2 aromatic heterocycles. The van der Waals surface area contributed by atoms with E-state index in [0.29, 0.717) is 12.3 Å². The van der Waals surface area contributed by atoms with E-state index in [1.165, 1.54) is 0 Å². The van der Waals surface area contributed by atoms with E-state index in [9.17, 15) is 5.11 Å². The molecule has 18 heavy (non-hydrogen) atoms. The molecule has 0 amide bonds. The second-order valence-corrected chi connectivity index (χ2v) is 4.08. The first-order valence-corrected chi connectivity index (χ1v) is 5.75. The minimum atomic E-state index is -0.647. The number of pyridine rings is 1. The van der Waals surface area contributed by atoms with Gasteiger partial charge in [0, 0.05) is 12.4 Å². The quantitative estimate of drug-likeness (QED) is 0.764. The van der Waals surface area contributed by atoms with Crippen LogP contribution in [0.2, 0.25) is 0 Å². The third-order valence-electron chi connectivity index (χ3n) is 2.78. The molecule has 0 saturated carbocycles. The van der Waals surface area contributed by atoms with Gasteiger partial charge in [0.25, 0.3) is 0 Å². The smallest absolute Gasteiger partial charge is 0.198 e. The van der Waals surface area contributed by atoms with Crippen molar-refractivity contribution < 1.29 is 9.52 Å². The van der Waals surface area contributed by atoms with Crippen LogP contribution in [-0.4, -0.2) is 15.1 Å². The number of hydrogen-bond acceptors (Lipinski definition) is 4. The third kappa shape index (κ3) is 2.10. The van der Waals surface area contributed by atoms with Gasteiger partial charge in [-0.25, -0.2) is 4.98 Å². The Kier molecular flexibility index (Phi) is 2.78. The molecular weight excluding hydrogens is 228 g/mol. The predicted molar refractivity (Wildman–Crippen MR) is 66.9 cm³/mol. The predicted octanol–water partition coefficient (Wildman–Crippen LogP) is 2.50. The van der Waals surface area contributed by atoms with Crippen LogP contribution in [-0.2, 0) is 6.42 Å². The minimum absolute atomic E-state index is 0.348. The van der Waals surface area contributed by atoms with Crippen molar-refractivity contribution in [3.05, 3.63) is 60.2 Å². The number of aliphatic hydroxyl groups is 1. The Morgan fingerprint density at radius 3 is 2.83 bits per heavy atom. The number of aromatic nitrogens is 2. The Labute approximate surface area is 104 Å². The first kappa shape index (κ1) is 10.9. The molecule has 4 nitrogen and oxygen atoms in total. The Morgan fingerprint density at radius 1 is 1.17 bits per heavy atom. The number of para-hydroxylation sites is 2. The van der Waals surface area contributed by atoms with Crippen LogP contribution in [0, 0.1) is 0 Å². The number of oxazole rings is 1. The van der Waals surface area contributed by atoms with Gasteiger partial charge in [0.2, 0.25) is 0 Å². The molecule has 3 rings (SSSR count). The van der Waals surface area contributed by atoms with Gasteiger partial charge >= 0.3 is 0 Å². The molecule has 90 valence electrons. The van der Waals surface area contributed by atoms with E-state index in [-0.39, 0.29) is 0 Å². The van der Waals surface area contributed by atoms with Crippen LogP contribution in [0.15, 0.2) is 53.2 Å². The van der Waals surface area contributed by atoms with Crippen LogP contribution in [0.4, 0.5) is 0 Å². The van der Waals surface area contributed by atoms with Crippen molar-refractivity contribution in [2.45, 2.75) is 12.5 Å². The highest BCUT2D eigenvalue weighted by atomic mass is 16.4. The molecule has 0 aliphatic heterocycles. The monoisotopic (exact) mass is 240 g/mol. The fraction of sp³-hybridized carbons (Fsp3) is 0.143. The van der Waals surface area contributed by atoms with E-state index in [1.807, 2.05) is 30.3 Å². The molecule has 0 aliphatic carbocycles. The summed E-state index contributed by atoms with van der Waals surface area (Å²) in [4.78, 5) is 8.31. The second-order valence-electron chi connectivity index (χ2n) is 4.08. The highest BCUT2D eigenvalue weighted by Crippen LogP contribution is 2.20. The molecule has 1 N–H and O–H groups in total. The molecule has 0 saturated heterocycles. The van der Waals surface area contributed by atoms with Crippen molar-refractivity contribution in [1.82, 2.24) is 9.97 Å². The van der Waals surface area contributed by atoms with Gasteiger partial charge in [-0.3, -0.25) is 4.98 Å². The molecule has 1 unspecified atom stereocenters. The van der Waals surface area contributed by atoms with Crippen LogP contribution >= 0.6 is 0 Å². The van der Waals surface area contributed by atoms with Gasteiger partial charge in [-0.05, 0) is 23.8 Å². The summed E-state index contributed by atoms with van der Waals surface area (Å²) in [6, 6.07) is 11.2. The Bertz CT molecular complexity index is 616. The second kappa shape index (κ2) is 4.58. The lowest BCUT2D eigenvalue weighted by Crippen LogP contribution is -2.02.